The molecular weight excluding hydrogens is 354 g/mol. The van der Waals surface area contributed by atoms with Crippen molar-refractivity contribution in [2.24, 2.45) is 0 Å². The molecule has 0 atom stereocenters. The van der Waals surface area contributed by atoms with Gasteiger partial charge in [0.05, 0.1) is 0 Å². The van der Waals surface area contributed by atoms with Gasteiger partial charge in [-0.1, -0.05) is 6.07 Å². The zero-order chi connectivity index (χ0) is 19.1. The molecule has 0 aliphatic carbocycles. The van der Waals surface area contributed by atoms with Gasteiger partial charge in [-0.25, -0.2) is 0 Å². The summed E-state index contributed by atoms with van der Waals surface area (Å²) in [5.41, 5.74) is 1.24. The Morgan fingerprint density at radius 3 is 2.15 bits per heavy atom. The summed E-state index contributed by atoms with van der Waals surface area (Å²) in [5, 5.41) is 2.71. The Morgan fingerprint density at radius 2 is 1.54 bits per heavy atom. The van der Waals surface area contributed by atoms with Crippen molar-refractivity contribution in [1.82, 2.24) is 0 Å². The first kappa shape index (κ1) is 19.3. The quantitative estimate of drug-likeness (QED) is 0.364. The van der Waals surface area contributed by atoms with Crippen LogP contribution in [-0.4, -0.2) is 17.8 Å². The van der Waals surface area contributed by atoms with Gasteiger partial charge >= 0.3 is 11.9 Å². The van der Waals surface area contributed by atoms with Gasteiger partial charge < -0.3 is 14.8 Å². The average molecular weight is 371 g/mol. The Bertz CT molecular complexity index is 859. The maximum Gasteiger partial charge on any atom is 0.308 e. The standard InChI is InChI=1S/C19H17NO5S/c1-12(21)24-17-9-3-14(11-18(17)25-13(2)22)4-10-19(23)20-15-5-7-16(26)8-6-15/h3-11,26H,1-2H3,(H,20,23)/b10-4+. The number of rotatable bonds is 5. The molecule has 0 unspecified atom stereocenters. The fourth-order valence-corrected chi connectivity index (χ4v) is 2.15. The van der Waals surface area contributed by atoms with Crippen molar-refractivity contribution in [2.45, 2.75) is 18.7 Å². The third-order valence-corrected chi connectivity index (χ3v) is 3.34. The summed E-state index contributed by atoms with van der Waals surface area (Å²) in [7, 11) is 0. The van der Waals surface area contributed by atoms with Gasteiger partial charge in [0.15, 0.2) is 11.5 Å². The van der Waals surface area contributed by atoms with Crippen molar-refractivity contribution in [3.63, 3.8) is 0 Å². The molecule has 26 heavy (non-hydrogen) atoms. The highest BCUT2D eigenvalue weighted by Crippen LogP contribution is 2.29. The van der Waals surface area contributed by atoms with Gasteiger partial charge in [0.25, 0.3) is 0 Å². The second-order valence-electron chi connectivity index (χ2n) is 5.26. The summed E-state index contributed by atoms with van der Waals surface area (Å²) in [4.78, 5) is 35.1. The summed E-state index contributed by atoms with van der Waals surface area (Å²) in [5.74, 6) is -1.19. The van der Waals surface area contributed by atoms with Crippen molar-refractivity contribution in [3.05, 3.63) is 54.1 Å². The molecule has 2 rings (SSSR count). The molecule has 1 N–H and O–H groups in total. The van der Waals surface area contributed by atoms with Crippen LogP contribution in [-0.2, 0) is 14.4 Å². The van der Waals surface area contributed by atoms with E-state index in [0.29, 0.717) is 11.3 Å². The Hall–Kier alpha value is -3.06. The Morgan fingerprint density at radius 1 is 0.923 bits per heavy atom. The molecular formula is C19H17NO5S. The molecule has 7 heteroatoms. The van der Waals surface area contributed by atoms with Gasteiger partial charge in [0.2, 0.25) is 5.91 Å². The SMILES string of the molecule is CC(=O)Oc1ccc(/C=C/C(=O)Nc2ccc(S)cc2)cc1OC(C)=O. The minimum atomic E-state index is -0.551. The summed E-state index contributed by atoms with van der Waals surface area (Å²) in [6.07, 6.45) is 2.89. The predicted octanol–water partition coefficient (Wildman–Crippen LogP) is 3.48. The van der Waals surface area contributed by atoms with Crippen LogP contribution in [0, 0.1) is 0 Å². The lowest BCUT2D eigenvalue weighted by Gasteiger charge is -2.09. The van der Waals surface area contributed by atoms with Gasteiger partial charge in [0.1, 0.15) is 0 Å². The molecule has 0 saturated carbocycles. The first-order valence-corrected chi connectivity index (χ1v) is 8.07. The third kappa shape index (κ3) is 6.10. The van der Waals surface area contributed by atoms with Crippen LogP contribution in [0.4, 0.5) is 5.69 Å². The molecule has 0 radical (unpaired) electrons. The van der Waals surface area contributed by atoms with E-state index in [4.69, 9.17) is 9.47 Å². The van der Waals surface area contributed by atoms with E-state index in [0.717, 1.165) is 4.90 Å². The number of benzene rings is 2. The maximum absolute atomic E-state index is 12.0. The van der Waals surface area contributed by atoms with Crippen LogP contribution >= 0.6 is 12.6 Å². The van der Waals surface area contributed by atoms with Crippen molar-refractivity contribution in [2.75, 3.05) is 5.32 Å². The van der Waals surface area contributed by atoms with Crippen molar-refractivity contribution in [1.29, 1.82) is 0 Å². The van der Waals surface area contributed by atoms with E-state index in [1.807, 2.05) is 0 Å². The number of carbonyl (C=O) groups is 3. The van der Waals surface area contributed by atoms with E-state index in [9.17, 15) is 14.4 Å². The lowest BCUT2D eigenvalue weighted by atomic mass is 10.2. The number of carbonyl (C=O) groups excluding carboxylic acids is 3. The topological polar surface area (TPSA) is 81.7 Å². The summed E-state index contributed by atoms with van der Waals surface area (Å²) in [6, 6.07) is 11.6. The number of thiol groups is 1. The summed E-state index contributed by atoms with van der Waals surface area (Å²) in [6.45, 7) is 2.49. The van der Waals surface area contributed by atoms with Crippen LogP contribution in [0.1, 0.15) is 19.4 Å². The van der Waals surface area contributed by atoms with Crippen LogP contribution in [0.25, 0.3) is 6.08 Å². The number of esters is 2. The molecule has 6 nitrogen and oxygen atoms in total. The fraction of sp³-hybridized carbons (Fsp3) is 0.105. The van der Waals surface area contributed by atoms with Gasteiger partial charge in [-0.15, -0.1) is 12.6 Å². The van der Waals surface area contributed by atoms with Gasteiger partial charge in [-0.3, -0.25) is 14.4 Å². The lowest BCUT2D eigenvalue weighted by molar-refractivity contribution is -0.134. The van der Waals surface area contributed by atoms with Crippen molar-refractivity contribution < 1.29 is 23.9 Å². The minimum Gasteiger partial charge on any atom is -0.423 e. The van der Waals surface area contributed by atoms with Crippen LogP contribution in [0.2, 0.25) is 0 Å². The number of hydrogen-bond donors (Lipinski definition) is 2. The van der Waals surface area contributed by atoms with Crippen LogP contribution in [0.3, 0.4) is 0 Å². The van der Waals surface area contributed by atoms with E-state index >= 15 is 0 Å². The van der Waals surface area contributed by atoms with E-state index in [1.54, 1.807) is 36.4 Å². The molecule has 0 saturated heterocycles. The Labute approximate surface area is 156 Å². The first-order valence-electron chi connectivity index (χ1n) is 7.62. The minimum absolute atomic E-state index is 0.0969. The highest BCUT2D eigenvalue weighted by atomic mass is 32.1. The normalized spacial score (nSPS) is 10.4. The molecule has 0 aliphatic heterocycles. The number of ether oxygens (including phenoxy) is 2. The molecule has 134 valence electrons. The van der Waals surface area contributed by atoms with Crippen LogP contribution < -0.4 is 14.8 Å². The summed E-state index contributed by atoms with van der Waals surface area (Å²) < 4.78 is 10.0. The molecule has 1 amide bonds. The molecule has 2 aromatic rings. The zero-order valence-corrected chi connectivity index (χ0v) is 15.1. The monoisotopic (exact) mass is 371 g/mol. The highest BCUT2D eigenvalue weighted by molar-refractivity contribution is 7.80. The smallest absolute Gasteiger partial charge is 0.308 e. The fourth-order valence-electron chi connectivity index (χ4n) is 2.00. The summed E-state index contributed by atoms with van der Waals surface area (Å²) >= 11 is 4.18. The van der Waals surface area contributed by atoms with Crippen LogP contribution in [0.5, 0.6) is 11.5 Å². The third-order valence-electron chi connectivity index (χ3n) is 3.04. The Balaban J connectivity index is 2.13. The van der Waals surface area contributed by atoms with Crippen molar-refractivity contribution >= 4 is 42.2 Å². The number of amides is 1. The van der Waals surface area contributed by atoms with Gasteiger partial charge in [-0.2, -0.15) is 0 Å². The molecule has 2 aromatic carbocycles. The van der Waals surface area contributed by atoms with E-state index in [1.165, 1.54) is 32.1 Å². The van der Waals surface area contributed by atoms with Crippen molar-refractivity contribution in [3.8, 4) is 11.5 Å². The number of nitrogens with one attached hydrogen (secondary N) is 1. The number of anilines is 1. The Kier molecular flexibility index (Phi) is 6.57. The molecule has 0 bridgehead atoms. The van der Waals surface area contributed by atoms with Gasteiger partial charge in [0, 0.05) is 30.5 Å². The second-order valence-corrected chi connectivity index (χ2v) is 5.78. The molecule has 0 heterocycles. The molecule has 0 spiro atoms. The lowest BCUT2D eigenvalue weighted by Crippen LogP contribution is -2.08. The maximum atomic E-state index is 12.0. The van der Waals surface area contributed by atoms with E-state index in [2.05, 4.69) is 17.9 Å². The van der Waals surface area contributed by atoms with E-state index in [-0.39, 0.29) is 17.4 Å². The second kappa shape index (κ2) is 8.87. The first-order chi connectivity index (χ1) is 12.3. The molecule has 0 fully saturated rings. The zero-order valence-electron chi connectivity index (χ0n) is 14.2. The average Bonchev–Trinajstić information content (AvgIpc) is 2.56. The molecule has 0 aromatic heterocycles. The largest absolute Gasteiger partial charge is 0.423 e. The van der Waals surface area contributed by atoms with Crippen LogP contribution in [0.15, 0.2) is 53.4 Å². The number of hydrogen-bond acceptors (Lipinski definition) is 6. The van der Waals surface area contributed by atoms with Gasteiger partial charge in [-0.05, 0) is 48.0 Å². The predicted molar refractivity (Wildman–Crippen MR) is 100 cm³/mol. The highest BCUT2D eigenvalue weighted by Gasteiger charge is 2.10. The molecule has 0 aliphatic rings. The van der Waals surface area contributed by atoms with E-state index < -0.39 is 11.9 Å².